The molecule has 0 radical (unpaired) electrons. The summed E-state index contributed by atoms with van der Waals surface area (Å²) in [5.74, 6) is -1.92. The molecule has 1 aromatic carbocycles. The largest absolute Gasteiger partial charge is 0.465 e. The first-order valence-corrected chi connectivity index (χ1v) is 5.59. The molecule has 1 aromatic rings. The van der Waals surface area contributed by atoms with Crippen molar-refractivity contribution in [3.05, 3.63) is 29.8 Å². The molecule has 1 rings (SSSR count). The molecule has 0 aromatic heterocycles. The summed E-state index contributed by atoms with van der Waals surface area (Å²) in [4.78, 5) is 11.0. The zero-order valence-corrected chi connectivity index (χ0v) is 10.4. The molecule has 0 bridgehead atoms. The fourth-order valence-electron chi connectivity index (χ4n) is 1.12. The third kappa shape index (κ3) is 4.62. The summed E-state index contributed by atoms with van der Waals surface area (Å²) in [6, 6.07) is 3.04. The molecule has 0 spiro atoms. The minimum absolute atomic E-state index is 0.0257. The van der Waals surface area contributed by atoms with Crippen molar-refractivity contribution >= 4 is 29.0 Å². The molecule has 0 aliphatic carbocycles. The number of esters is 1. The Hall–Kier alpha value is -1.76. The Kier molecular flexibility index (Phi) is 5.44. The van der Waals surface area contributed by atoms with E-state index in [9.17, 15) is 13.6 Å². The smallest absolute Gasteiger partial charge is 0.325 e. The van der Waals surface area contributed by atoms with Crippen LogP contribution in [0.1, 0.15) is 6.92 Å². The molecule has 0 amide bonds. The Morgan fingerprint density at radius 1 is 1.44 bits per heavy atom. The monoisotopic (exact) mass is 274 g/mol. The van der Waals surface area contributed by atoms with Gasteiger partial charge in [0.05, 0.1) is 12.3 Å². The normalized spacial score (nSPS) is 9.72. The summed E-state index contributed by atoms with van der Waals surface area (Å²) in [6.45, 7) is 1.83. The van der Waals surface area contributed by atoms with Crippen molar-refractivity contribution in [1.82, 2.24) is 5.32 Å². The van der Waals surface area contributed by atoms with E-state index in [-0.39, 0.29) is 24.0 Å². The number of anilines is 1. The molecule has 0 saturated heterocycles. The van der Waals surface area contributed by atoms with Gasteiger partial charge in [-0.1, -0.05) is 0 Å². The molecule has 4 nitrogen and oxygen atoms in total. The van der Waals surface area contributed by atoms with Crippen LogP contribution in [0.15, 0.2) is 18.2 Å². The SMILES string of the molecule is CCOC(=O)CNC(=S)Nc1ccc(F)cc1F. The van der Waals surface area contributed by atoms with Crippen LogP contribution < -0.4 is 10.6 Å². The lowest BCUT2D eigenvalue weighted by Crippen LogP contribution is -2.34. The second-order valence-electron chi connectivity index (χ2n) is 3.24. The summed E-state index contributed by atoms with van der Waals surface area (Å²) >= 11 is 4.84. The number of carbonyl (C=O) groups excluding carboxylic acids is 1. The van der Waals surface area contributed by atoms with Gasteiger partial charge in [0.15, 0.2) is 5.11 Å². The molecular formula is C11H12F2N2O2S. The number of hydrogen-bond donors (Lipinski definition) is 2. The van der Waals surface area contributed by atoms with Crippen LogP contribution >= 0.6 is 12.2 Å². The maximum atomic E-state index is 13.2. The number of halogens is 2. The van der Waals surface area contributed by atoms with Gasteiger partial charge in [-0.25, -0.2) is 8.78 Å². The van der Waals surface area contributed by atoms with Crippen molar-refractivity contribution in [2.75, 3.05) is 18.5 Å². The average molecular weight is 274 g/mol. The minimum atomic E-state index is -0.768. The van der Waals surface area contributed by atoms with Crippen LogP contribution in [0, 0.1) is 11.6 Å². The Labute approximate surface area is 108 Å². The predicted molar refractivity (Wildman–Crippen MR) is 67.2 cm³/mol. The minimum Gasteiger partial charge on any atom is -0.465 e. The molecule has 0 aliphatic rings. The lowest BCUT2D eigenvalue weighted by atomic mass is 10.3. The van der Waals surface area contributed by atoms with E-state index in [2.05, 4.69) is 15.4 Å². The van der Waals surface area contributed by atoms with Gasteiger partial charge >= 0.3 is 5.97 Å². The first kappa shape index (κ1) is 14.3. The summed E-state index contributed by atoms with van der Waals surface area (Å²) in [7, 11) is 0. The van der Waals surface area contributed by atoms with E-state index in [1.807, 2.05) is 0 Å². The number of thiocarbonyl (C=S) groups is 1. The highest BCUT2D eigenvalue weighted by Crippen LogP contribution is 2.14. The van der Waals surface area contributed by atoms with Crippen molar-refractivity contribution in [3.63, 3.8) is 0 Å². The maximum absolute atomic E-state index is 13.2. The van der Waals surface area contributed by atoms with Gasteiger partial charge in [0.1, 0.15) is 18.2 Å². The average Bonchev–Trinajstić information content (AvgIpc) is 2.31. The predicted octanol–water partition coefficient (Wildman–Crippen LogP) is 1.81. The highest BCUT2D eigenvalue weighted by Gasteiger charge is 2.07. The number of benzene rings is 1. The van der Waals surface area contributed by atoms with Crippen molar-refractivity contribution in [3.8, 4) is 0 Å². The maximum Gasteiger partial charge on any atom is 0.325 e. The zero-order chi connectivity index (χ0) is 13.5. The van der Waals surface area contributed by atoms with Crippen molar-refractivity contribution in [1.29, 1.82) is 0 Å². The van der Waals surface area contributed by atoms with Crippen LogP contribution in [0.4, 0.5) is 14.5 Å². The van der Waals surface area contributed by atoms with Gasteiger partial charge in [-0.2, -0.15) is 0 Å². The Morgan fingerprint density at radius 2 is 2.17 bits per heavy atom. The molecule has 0 heterocycles. The van der Waals surface area contributed by atoms with E-state index in [1.165, 1.54) is 6.07 Å². The molecular weight excluding hydrogens is 262 g/mol. The van der Waals surface area contributed by atoms with Crippen LogP contribution in [0.3, 0.4) is 0 Å². The fraction of sp³-hybridized carbons (Fsp3) is 0.273. The summed E-state index contributed by atoms with van der Waals surface area (Å²) in [6.07, 6.45) is 0. The van der Waals surface area contributed by atoms with Crippen LogP contribution in [0.25, 0.3) is 0 Å². The summed E-state index contributed by atoms with van der Waals surface area (Å²) in [5.41, 5.74) is 0.0257. The summed E-state index contributed by atoms with van der Waals surface area (Å²) < 4.78 is 30.6. The fourth-order valence-corrected chi connectivity index (χ4v) is 1.30. The topological polar surface area (TPSA) is 50.4 Å². The third-order valence-corrected chi connectivity index (χ3v) is 2.12. The van der Waals surface area contributed by atoms with Gasteiger partial charge in [-0.3, -0.25) is 4.79 Å². The Morgan fingerprint density at radius 3 is 2.78 bits per heavy atom. The van der Waals surface area contributed by atoms with Crippen LogP contribution in [-0.2, 0) is 9.53 Å². The van der Waals surface area contributed by atoms with Crippen molar-refractivity contribution in [2.45, 2.75) is 6.92 Å². The number of nitrogens with one attached hydrogen (secondary N) is 2. The Balaban J connectivity index is 2.47. The second kappa shape index (κ2) is 6.85. The molecule has 0 saturated carbocycles. The van der Waals surface area contributed by atoms with Crippen LogP contribution in [-0.4, -0.2) is 24.2 Å². The third-order valence-electron chi connectivity index (χ3n) is 1.88. The summed E-state index contributed by atoms with van der Waals surface area (Å²) in [5, 5.41) is 5.10. The molecule has 0 atom stereocenters. The lowest BCUT2D eigenvalue weighted by molar-refractivity contribution is -0.141. The molecule has 2 N–H and O–H groups in total. The molecule has 0 fully saturated rings. The van der Waals surface area contributed by atoms with Gasteiger partial charge < -0.3 is 15.4 Å². The number of carbonyl (C=O) groups is 1. The zero-order valence-electron chi connectivity index (χ0n) is 9.63. The van der Waals surface area contributed by atoms with E-state index >= 15 is 0 Å². The highest BCUT2D eigenvalue weighted by atomic mass is 32.1. The van der Waals surface area contributed by atoms with Crippen LogP contribution in [0.2, 0.25) is 0 Å². The van der Waals surface area contributed by atoms with Crippen molar-refractivity contribution < 1.29 is 18.3 Å². The van der Waals surface area contributed by atoms with E-state index < -0.39 is 17.6 Å². The second-order valence-corrected chi connectivity index (χ2v) is 3.65. The standard InChI is InChI=1S/C11H12F2N2O2S/c1-2-17-10(16)6-14-11(18)15-9-4-3-7(12)5-8(9)13/h3-5H,2,6H2,1H3,(H2,14,15,18). The van der Waals surface area contributed by atoms with E-state index in [4.69, 9.17) is 12.2 Å². The van der Waals surface area contributed by atoms with E-state index in [0.717, 1.165) is 12.1 Å². The molecule has 18 heavy (non-hydrogen) atoms. The first-order chi connectivity index (χ1) is 8.52. The van der Waals surface area contributed by atoms with Gasteiger partial charge in [0, 0.05) is 6.07 Å². The van der Waals surface area contributed by atoms with Gasteiger partial charge in [0.25, 0.3) is 0 Å². The highest BCUT2D eigenvalue weighted by molar-refractivity contribution is 7.80. The molecule has 7 heteroatoms. The van der Waals surface area contributed by atoms with Gasteiger partial charge in [-0.05, 0) is 31.3 Å². The van der Waals surface area contributed by atoms with E-state index in [0.29, 0.717) is 0 Å². The molecule has 98 valence electrons. The number of rotatable bonds is 4. The van der Waals surface area contributed by atoms with Crippen molar-refractivity contribution in [2.24, 2.45) is 0 Å². The number of ether oxygens (including phenoxy) is 1. The Bertz CT molecular complexity index is 455. The van der Waals surface area contributed by atoms with E-state index in [1.54, 1.807) is 6.92 Å². The van der Waals surface area contributed by atoms with Crippen LogP contribution in [0.5, 0.6) is 0 Å². The first-order valence-electron chi connectivity index (χ1n) is 5.18. The number of hydrogen-bond acceptors (Lipinski definition) is 3. The molecule has 0 aliphatic heterocycles. The molecule has 0 unspecified atom stereocenters. The van der Waals surface area contributed by atoms with Gasteiger partial charge in [-0.15, -0.1) is 0 Å². The van der Waals surface area contributed by atoms with Gasteiger partial charge in [0.2, 0.25) is 0 Å². The lowest BCUT2D eigenvalue weighted by Gasteiger charge is -2.10. The quantitative estimate of drug-likeness (QED) is 0.648.